The summed E-state index contributed by atoms with van der Waals surface area (Å²) >= 11 is 6.12. The summed E-state index contributed by atoms with van der Waals surface area (Å²) in [6.07, 6.45) is 0. The Bertz CT molecular complexity index is 409. The van der Waals surface area contributed by atoms with Crippen LogP contribution in [0.4, 0.5) is 5.82 Å². The van der Waals surface area contributed by atoms with Crippen molar-refractivity contribution in [2.24, 2.45) is 5.92 Å². The van der Waals surface area contributed by atoms with Gasteiger partial charge in [-0.3, -0.25) is 0 Å². The van der Waals surface area contributed by atoms with E-state index in [1.54, 1.807) is 0 Å². The molecule has 0 amide bonds. The fourth-order valence-electron chi connectivity index (χ4n) is 1.42. The SMILES string of the molecule is Cc1c(Cl)nc(C(C)C)nc1NC(C)C(C)CO. The summed E-state index contributed by atoms with van der Waals surface area (Å²) in [7, 11) is 0. The molecule has 0 aliphatic carbocycles. The normalized spacial score (nSPS) is 14.7. The van der Waals surface area contributed by atoms with Gasteiger partial charge in [-0.15, -0.1) is 0 Å². The summed E-state index contributed by atoms with van der Waals surface area (Å²) in [5.41, 5.74) is 0.845. The third-order valence-corrected chi connectivity index (χ3v) is 3.49. The van der Waals surface area contributed by atoms with Crippen molar-refractivity contribution in [2.75, 3.05) is 11.9 Å². The molecule has 0 aromatic carbocycles. The van der Waals surface area contributed by atoms with Crippen LogP contribution in [0.2, 0.25) is 5.15 Å². The molecule has 0 radical (unpaired) electrons. The minimum Gasteiger partial charge on any atom is -0.396 e. The zero-order chi connectivity index (χ0) is 13.9. The third kappa shape index (κ3) is 3.56. The molecule has 0 aliphatic rings. The minimum absolute atomic E-state index is 0.125. The first-order chi connectivity index (χ1) is 8.36. The van der Waals surface area contributed by atoms with Gasteiger partial charge in [-0.25, -0.2) is 9.97 Å². The van der Waals surface area contributed by atoms with Gasteiger partial charge in [-0.2, -0.15) is 0 Å². The number of nitrogens with zero attached hydrogens (tertiary/aromatic N) is 2. The molecule has 1 aromatic heterocycles. The Balaban J connectivity index is 3.00. The molecule has 0 bridgehead atoms. The quantitative estimate of drug-likeness (QED) is 0.809. The van der Waals surface area contributed by atoms with E-state index in [4.69, 9.17) is 16.7 Å². The Morgan fingerprint density at radius 3 is 2.33 bits per heavy atom. The van der Waals surface area contributed by atoms with Crippen molar-refractivity contribution >= 4 is 17.4 Å². The lowest BCUT2D eigenvalue weighted by molar-refractivity contribution is 0.226. The van der Waals surface area contributed by atoms with Gasteiger partial charge in [0.25, 0.3) is 0 Å². The van der Waals surface area contributed by atoms with Crippen molar-refractivity contribution in [1.82, 2.24) is 9.97 Å². The first-order valence-electron chi connectivity index (χ1n) is 6.28. The molecule has 2 atom stereocenters. The monoisotopic (exact) mass is 271 g/mol. The smallest absolute Gasteiger partial charge is 0.137 e. The zero-order valence-corrected chi connectivity index (χ0v) is 12.4. The average molecular weight is 272 g/mol. The highest BCUT2D eigenvalue weighted by Gasteiger charge is 2.16. The van der Waals surface area contributed by atoms with E-state index in [1.165, 1.54) is 0 Å². The maximum absolute atomic E-state index is 9.15. The summed E-state index contributed by atoms with van der Waals surface area (Å²) in [6, 6.07) is 0.125. The summed E-state index contributed by atoms with van der Waals surface area (Å²) in [5.74, 6) is 1.87. The predicted molar refractivity (Wildman–Crippen MR) is 75.2 cm³/mol. The number of aromatic nitrogens is 2. The molecule has 2 unspecified atom stereocenters. The van der Waals surface area contributed by atoms with Gasteiger partial charge in [0.15, 0.2) is 0 Å². The van der Waals surface area contributed by atoms with E-state index in [-0.39, 0.29) is 24.5 Å². The molecule has 0 spiro atoms. The third-order valence-electron chi connectivity index (χ3n) is 3.13. The molecule has 1 heterocycles. The first-order valence-corrected chi connectivity index (χ1v) is 6.66. The Kier molecular flexibility index (Phi) is 5.35. The van der Waals surface area contributed by atoms with Crippen LogP contribution in [0, 0.1) is 12.8 Å². The highest BCUT2D eigenvalue weighted by Crippen LogP contribution is 2.24. The van der Waals surface area contributed by atoms with Gasteiger partial charge >= 0.3 is 0 Å². The van der Waals surface area contributed by atoms with Crippen LogP contribution in [-0.4, -0.2) is 27.7 Å². The van der Waals surface area contributed by atoms with Crippen LogP contribution in [0.1, 0.15) is 45.0 Å². The summed E-state index contributed by atoms with van der Waals surface area (Å²) in [4.78, 5) is 8.77. The van der Waals surface area contributed by atoms with Crippen LogP contribution in [0.15, 0.2) is 0 Å². The van der Waals surface area contributed by atoms with Crippen molar-refractivity contribution in [3.8, 4) is 0 Å². The van der Waals surface area contributed by atoms with Crippen LogP contribution in [-0.2, 0) is 0 Å². The second-order valence-electron chi connectivity index (χ2n) is 5.09. The van der Waals surface area contributed by atoms with E-state index in [1.807, 2.05) is 34.6 Å². The Labute approximate surface area is 114 Å². The van der Waals surface area contributed by atoms with Crippen molar-refractivity contribution in [3.63, 3.8) is 0 Å². The number of aliphatic hydroxyl groups is 1. The fourth-order valence-corrected chi connectivity index (χ4v) is 1.60. The Morgan fingerprint density at radius 2 is 1.83 bits per heavy atom. The lowest BCUT2D eigenvalue weighted by Crippen LogP contribution is -2.27. The van der Waals surface area contributed by atoms with Gasteiger partial charge in [0.1, 0.15) is 16.8 Å². The molecule has 102 valence electrons. The van der Waals surface area contributed by atoms with Crippen molar-refractivity contribution in [2.45, 2.75) is 46.6 Å². The topological polar surface area (TPSA) is 58.0 Å². The van der Waals surface area contributed by atoms with E-state index in [0.717, 1.165) is 17.2 Å². The highest BCUT2D eigenvalue weighted by atomic mass is 35.5. The molecule has 1 aromatic rings. The number of hydrogen-bond acceptors (Lipinski definition) is 4. The summed E-state index contributed by atoms with van der Waals surface area (Å²) in [5, 5.41) is 12.9. The summed E-state index contributed by atoms with van der Waals surface area (Å²) in [6.45, 7) is 10.1. The number of rotatable bonds is 5. The zero-order valence-electron chi connectivity index (χ0n) is 11.7. The Hall–Kier alpha value is -0.870. The molecule has 2 N–H and O–H groups in total. The standard InChI is InChI=1S/C13H22ClN3O/c1-7(2)12-16-11(14)9(4)13(17-12)15-10(5)8(3)6-18/h7-8,10,18H,6H2,1-5H3,(H,15,16,17). The number of hydrogen-bond donors (Lipinski definition) is 2. The number of aliphatic hydroxyl groups excluding tert-OH is 1. The van der Waals surface area contributed by atoms with Crippen LogP contribution >= 0.6 is 11.6 Å². The fraction of sp³-hybridized carbons (Fsp3) is 0.692. The van der Waals surface area contributed by atoms with Gasteiger partial charge in [0.2, 0.25) is 0 Å². The highest BCUT2D eigenvalue weighted by molar-refractivity contribution is 6.30. The van der Waals surface area contributed by atoms with Gasteiger partial charge in [-0.05, 0) is 19.8 Å². The van der Waals surface area contributed by atoms with Crippen molar-refractivity contribution in [1.29, 1.82) is 0 Å². The second kappa shape index (κ2) is 6.34. The Morgan fingerprint density at radius 1 is 1.22 bits per heavy atom. The molecular formula is C13H22ClN3O. The van der Waals surface area contributed by atoms with E-state index < -0.39 is 0 Å². The van der Waals surface area contributed by atoms with E-state index in [2.05, 4.69) is 15.3 Å². The second-order valence-corrected chi connectivity index (χ2v) is 5.45. The van der Waals surface area contributed by atoms with Gasteiger partial charge in [-0.1, -0.05) is 32.4 Å². The van der Waals surface area contributed by atoms with E-state index >= 15 is 0 Å². The van der Waals surface area contributed by atoms with Crippen LogP contribution < -0.4 is 5.32 Å². The molecule has 5 heteroatoms. The average Bonchev–Trinajstić information content (AvgIpc) is 2.33. The van der Waals surface area contributed by atoms with Crippen LogP contribution in [0.5, 0.6) is 0 Å². The largest absolute Gasteiger partial charge is 0.396 e. The molecular weight excluding hydrogens is 250 g/mol. The molecule has 0 fully saturated rings. The molecule has 18 heavy (non-hydrogen) atoms. The molecule has 0 aliphatic heterocycles. The van der Waals surface area contributed by atoms with Crippen LogP contribution in [0.25, 0.3) is 0 Å². The maximum atomic E-state index is 9.15. The van der Waals surface area contributed by atoms with Crippen molar-refractivity contribution in [3.05, 3.63) is 16.5 Å². The van der Waals surface area contributed by atoms with Crippen LogP contribution in [0.3, 0.4) is 0 Å². The lowest BCUT2D eigenvalue weighted by Gasteiger charge is -2.22. The van der Waals surface area contributed by atoms with E-state index in [0.29, 0.717) is 5.15 Å². The number of halogens is 1. The van der Waals surface area contributed by atoms with E-state index in [9.17, 15) is 0 Å². The molecule has 1 rings (SSSR count). The first kappa shape index (κ1) is 15.2. The molecule has 0 saturated carbocycles. The predicted octanol–water partition coefficient (Wildman–Crippen LogP) is 2.99. The minimum atomic E-state index is 0.125. The maximum Gasteiger partial charge on any atom is 0.137 e. The van der Waals surface area contributed by atoms with Gasteiger partial charge in [0, 0.05) is 24.1 Å². The summed E-state index contributed by atoms with van der Waals surface area (Å²) < 4.78 is 0. The molecule has 0 saturated heterocycles. The van der Waals surface area contributed by atoms with Gasteiger partial charge in [0.05, 0.1) is 0 Å². The van der Waals surface area contributed by atoms with Gasteiger partial charge < -0.3 is 10.4 Å². The molecule has 4 nitrogen and oxygen atoms in total. The number of nitrogens with one attached hydrogen (secondary N) is 1. The lowest BCUT2D eigenvalue weighted by atomic mass is 10.1. The van der Waals surface area contributed by atoms with Crippen molar-refractivity contribution < 1.29 is 5.11 Å². The number of anilines is 1.